The zero-order chi connectivity index (χ0) is 20.1. The van der Waals surface area contributed by atoms with Crippen LogP contribution in [0.5, 0.6) is 0 Å². The van der Waals surface area contributed by atoms with Gasteiger partial charge in [-0.05, 0) is 97.2 Å². The summed E-state index contributed by atoms with van der Waals surface area (Å²) < 4.78 is 0. The quantitative estimate of drug-likeness (QED) is 0.473. The summed E-state index contributed by atoms with van der Waals surface area (Å²) in [6.45, 7) is 12.5. The molecule has 0 bridgehead atoms. The minimum absolute atomic E-state index is 0.334. The summed E-state index contributed by atoms with van der Waals surface area (Å²) in [6, 6.07) is 0. The van der Waals surface area contributed by atoms with Crippen molar-refractivity contribution in [2.24, 2.45) is 52.3 Å². The second-order valence-electron chi connectivity index (χ2n) is 12.4. The molecule has 0 saturated heterocycles. The van der Waals surface area contributed by atoms with E-state index in [2.05, 4.69) is 34.6 Å². The first kappa shape index (κ1) is 20.9. The van der Waals surface area contributed by atoms with E-state index < -0.39 is 0 Å². The van der Waals surface area contributed by atoms with Gasteiger partial charge in [0.15, 0.2) is 0 Å². The third-order valence-electron chi connectivity index (χ3n) is 10.6. The van der Waals surface area contributed by atoms with E-state index in [1.807, 2.05) is 0 Å². The molecule has 0 aliphatic heterocycles. The fourth-order valence-corrected chi connectivity index (χ4v) is 9.16. The van der Waals surface area contributed by atoms with E-state index in [9.17, 15) is 4.79 Å². The van der Waals surface area contributed by atoms with Crippen LogP contribution in [0.25, 0.3) is 0 Å². The summed E-state index contributed by atoms with van der Waals surface area (Å²) >= 11 is 0. The molecule has 1 nitrogen and oxygen atoms in total. The van der Waals surface area contributed by atoms with Crippen molar-refractivity contribution in [2.45, 2.75) is 112 Å². The van der Waals surface area contributed by atoms with Gasteiger partial charge >= 0.3 is 0 Å². The number of ketones is 1. The molecule has 160 valence electrons. The van der Waals surface area contributed by atoms with E-state index in [1.165, 1.54) is 64.2 Å². The Labute approximate surface area is 174 Å². The summed E-state index contributed by atoms with van der Waals surface area (Å²) in [6.07, 6.45) is 15.9. The van der Waals surface area contributed by atoms with Crippen molar-refractivity contribution >= 4 is 5.78 Å². The predicted octanol–water partition coefficient (Wildman–Crippen LogP) is 7.68. The van der Waals surface area contributed by atoms with Gasteiger partial charge in [0.05, 0.1) is 0 Å². The van der Waals surface area contributed by atoms with Gasteiger partial charge in [0.25, 0.3) is 0 Å². The lowest BCUT2D eigenvalue weighted by Crippen LogP contribution is -2.54. The zero-order valence-corrected chi connectivity index (χ0v) is 19.4. The van der Waals surface area contributed by atoms with Crippen LogP contribution in [-0.4, -0.2) is 5.78 Å². The van der Waals surface area contributed by atoms with Crippen LogP contribution in [0, 0.1) is 52.3 Å². The van der Waals surface area contributed by atoms with Crippen LogP contribution in [0.2, 0.25) is 0 Å². The maximum atomic E-state index is 12.4. The fraction of sp³-hybridized carbons (Fsp3) is 0.963. The van der Waals surface area contributed by atoms with Crippen molar-refractivity contribution in [3.63, 3.8) is 0 Å². The highest BCUT2D eigenvalue weighted by Crippen LogP contribution is 2.68. The molecule has 0 amide bonds. The standard InChI is InChI=1S/C27H46O/c1-18(2)7-6-8-19(3)23-13-14-24-22-12-10-20-9-11-21(28)17-27(20,5)25(22)15-16-26(23,24)4/h18-20,22-25H,6-17H2,1-5H3/t19-,20-,22+,23+,24-,25-,26+,27+/m1/s1. The Kier molecular flexibility index (Phi) is 5.78. The Morgan fingerprint density at radius 1 is 0.893 bits per heavy atom. The average molecular weight is 387 g/mol. The number of rotatable bonds is 5. The van der Waals surface area contributed by atoms with Gasteiger partial charge in [-0.1, -0.05) is 53.9 Å². The number of hydrogen-bond acceptors (Lipinski definition) is 1. The molecular formula is C27H46O. The minimum Gasteiger partial charge on any atom is -0.300 e. The molecule has 4 aliphatic rings. The van der Waals surface area contributed by atoms with Crippen LogP contribution >= 0.6 is 0 Å². The second kappa shape index (κ2) is 7.73. The predicted molar refractivity (Wildman–Crippen MR) is 118 cm³/mol. The van der Waals surface area contributed by atoms with Gasteiger partial charge in [-0.2, -0.15) is 0 Å². The molecule has 0 heterocycles. The van der Waals surface area contributed by atoms with Gasteiger partial charge in [0.1, 0.15) is 5.78 Å². The SMILES string of the molecule is CC(C)CCC[C@@H](C)[C@@H]1CC[C@@H]2[C@@H]3CC[C@H]4CCC(=O)C[C@]4(C)[C@@H]3CC[C@]21C. The first-order chi connectivity index (χ1) is 13.3. The minimum atomic E-state index is 0.334. The fourth-order valence-electron chi connectivity index (χ4n) is 9.16. The monoisotopic (exact) mass is 386 g/mol. The van der Waals surface area contributed by atoms with Crippen LogP contribution in [0.15, 0.2) is 0 Å². The number of carbonyl (C=O) groups excluding carboxylic acids is 1. The van der Waals surface area contributed by atoms with Gasteiger partial charge in [0.2, 0.25) is 0 Å². The van der Waals surface area contributed by atoms with Gasteiger partial charge in [0, 0.05) is 12.8 Å². The molecule has 0 N–H and O–H groups in total. The van der Waals surface area contributed by atoms with E-state index in [0.29, 0.717) is 16.6 Å². The molecule has 28 heavy (non-hydrogen) atoms. The van der Waals surface area contributed by atoms with E-state index in [4.69, 9.17) is 0 Å². The first-order valence-electron chi connectivity index (χ1n) is 12.8. The van der Waals surface area contributed by atoms with Crippen LogP contribution in [0.4, 0.5) is 0 Å². The van der Waals surface area contributed by atoms with Crippen molar-refractivity contribution in [3.8, 4) is 0 Å². The molecule has 4 aliphatic carbocycles. The van der Waals surface area contributed by atoms with Crippen LogP contribution in [0.1, 0.15) is 112 Å². The molecular weight excluding hydrogens is 340 g/mol. The topological polar surface area (TPSA) is 17.1 Å². The summed E-state index contributed by atoms with van der Waals surface area (Å²) in [5, 5.41) is 0. The van der Waals surface area contributed by atoms with Crippen molar-refractivity contribution < 1.29 is 4.79 Å². The summed E-state index contributed by atoms with van der Waals surface area (Å²) in [5.41, 5.74) is 0.917. The smallest absolute Gasteiger partial charge is 0.133 e. The third-order valence-corrected chi connectivity index (χ3v) is 10.6. The Hall–Kier alpha value is -0.330. The number of fused-ring (bicyclic) bond motifs is 5. The Morgan fingerprint density at radius 3 is 2.39 bits per heavy atom. The molecule has 0 radical (unpaired) electrons. The van der Waals surface area contributed by atoms with Gasteiger partial charge in [-0.25, -0.2) is 0 Å². The second-order valence-corrected chi connectivity index (χ2v) is 12.4. The molecule has 0 aromatic rings. The summed E-state index contributed by atoms with van der Waals surface area (Å²) in [5.74, 6) is 6.79. The molecule has 0 aromatic heterocycles. The lowest BCUT2D eigenvalue weighted by Gasteiger charge is -2.60. The Balaban J connectivity index is 1.48. The van der Waals surface area contributed by atoms with Crippen LogP contribution < -0.4 is 0 Å². The van der Waals surface area contributed by atoms with Gasteiger partial charge in [-0.3, -0.25) is 4.79 Å². The Morgan fingerprint density at radius 2 is 1.64 bits per heavy atom. The zero-order valence-electron chi connectivity index (χ0n) is 19.4. The number of Topliss-reactive ketones (excluding diaryl/α,β-unsaturated/α-hetero) is 1. The van der Waals surface area contributed by atoms with Crippen molar-refractivity contribution in [3.05, 3.63) is 0 Å². The van der Waals surface area contributed by atoms with Crippen molar-refractivity contribution in [1.82, 2.24) is 0 Å². The maximum Gasteiger partial charge on any atom is 0.133 e. The third kappa shape index (κ3) is 3.41. The van der Waals surface area contributed by atoms with Gasteiger partial charge < -0.3 is 0 Å². The molecule has 8 atom stereocenters. The van der Waals surface area contributed by atoms with Crippen LogP contribution in [0.3, 0.4) is 0 Å². The molecule has 4 saturated carbocycles. The van der Waals surface area contributed by atoms with E-state index in [-0.39, 0.29) is 0 Å². The van der Waals surface area contributed by atoms with E-state index >= 15 is 0 Å². The van der Waals surface area contributed by atoms with Crippen molar-refractivity contribution in [2.75, 3.05) is 0 Å². The lowest BCUT2D eigenvalue weighted by atomic mass is 9.44. The molecule has 0 aromatic carbocycles. The number of hydrogen-bond donors (Lipinski definition) is 0. The van der Waals surface area contributed by atoms with Crippen LogP contribution in [-0.2, 0) is 4.79 Å². The average Bonchev–Trinajstić information content (AvgIpc) is 2.98. The number of carbonyl (C=O) groups is 1. The first-order valence-corrected chi connectivity index (χ1v) is 12.8. The summed E-state index contributed by atoms with van der Waals surface area (Å²) in [4.78, 5) is 12.4. The molecule has 0 unspecified atom stereocenters. The van der Waals surface area contributed by atoms with Crippen molar-refractivity contribution in [1.29, 1.82) is 0 Å². The molecule has 0 spiro atoms. The molecule has 1 heteroatoms. The maximum absolute atomic E-state index is 12.4. The lowest BCUT2D eigenvalue weighted by molar-refractivity contribution is -0.142. The highest BCUT2D eigenvalue weighted by molar-refractivity contribution is 5.80. The molecule has 4 rings (SSSR count). The normalized spacial score (nSPS) is 46.8. The highest BCUT2D eigenvalue weighted by atomic mass is 16.1. The van der Waals surface area contributed by atoms with E-state index in [0.717, 1.165) is 54.3 Å². The summed E-state index contributed by atoms with van der Waals surface area (Å²) in [7, 11) is 0. The van der Waals surface area contributed by atoms with E-state index in [1.54, 1.807) is 0 Å². The largest absolute Gasteiger partial charge is 0.300 e. The highest BCUT2D eigenvalue weighted by Gasteiger charge is 2.60. The Bertz CT molecular complexity index is 579. The molecule has 4 fully saturated rings. The van der Waals surface area contributed by atoms with Gasteiger partial charge in [-0.15, -0.1) is 0 Å².